The molecule has 1 atom stereocenters. The molecule has 0 amide bonds. The molecule has 0 spiro atoms. The zero-order valence-electron chi connectivity index (χ0n) is 13.2. The molecule has 122 valence electrons. The van der Waals surface area contributed by atoms with E-state index in [2.05, 4.69) is 15.9 Å². The average Bonchev–Trinajstić information content (AvgIpc) is 2.72. The van der Waals surface area contributed by atoms with Gasteiger partial charge in [-0.2, -0.15) is 0 Å². The summed E-state index contributed by atoms with van der Waals surface area (Å²) in [4.78, 5) is 12.6. The highest BCUT2D eigenvalue weighted by molar-refractivity contribution is 9.10. The maximum Gasteiger partial charge on any atom is 0.145 e. The van der Waals surface area contributed by atoms with E-state index in [-0.39, 0.29) is 11.3 Å². The van der Waals surface area contributed by atoms with Gasteiger partial charge in [-0.1, -0.05) is 41.4 Å². The van der Waals surface area contributed by atoms with Gasteiger partial charge in [0.05, 0.1) is 11.6 Å². The summed E-state index contributed by atoms with van der Waals surface area (Å²) in [5.41, 5.74) is 0.727. The minimum atomic E-state index is -0.247. The first-order valence-electron chi connectivity index (χ1n) is 7.52. The number of hydrogen-bond donors (Lipinski definition) is 0. The third kappa shape index (κ3) is 3.84. The number of ketones is 1. The summed E-state index contributed by atoms with van der Waals surface area (Å²) in [6.45, 7) is 5.22. The number of ether oxygens (including phenoxy) is 2. The molecule has 0 radical (unpaired) electrons. The van der Waals surface area contributed by atoms with Crippen LogP contribution >= 0.6 is 27.5 Å². The first-order chi connectivity index (χ1) is 10.4. The third-order valence-corrected chi connectivity index (χ3v) is 5.20. The molecular weight excluding hydrogens is 368 g/mol. The lowest BCUT2D eigenvalue weighted by atomic mass is 9.87. The van der Waals surface area contributed by atoms with Crippen LogP contribution in [0.15, 0.2) is 16.6 Å². The Labute approximate surface area is 145 Å². The van der Waals surface area contributed by atoms with E-state index >= 15 is 0 Å². The predicted molar refractivity (Wildman–Crippen MR) is 91.9 cm³/mol. The maximum absolute atomic E-state index is 12.6. The minimum absolute atomic E-state index is 0.0806. The fourth-order valence-electron chi connectivity index (χ4n) is 2.84. The molecule has 1 aromatic carbocycles. The molecule has 0 aromatic heterocycles. The Morgan fingerprint density at radius 3 is 2.68 bits per heavy atom. The first kappa shape index (κ1) is 17.8. The van der Waals surface area contributed by atoms with Crippen LogP contribution < -0.4 is 4.74 Å². The molecule has 1 aliphatic carbocycles. The van der Waals surface area contributed by atoms with Crippen LogP contribution in [-0.4, -0.2) is 26.1 Å². The molecule has 0 N–H and O–H groups in total. The van der Waals surface area contributed by atoms with Gasteiger partial charge in [0.2, 0.25) is 0 Å². The van der Waals surface area contributed by atoms with Crippen molar-refractivity contribution in [2.45, 2.75) is 39.0 Å². The van der Waals surface area contributed by atoms with Crippen LogP contribution in [0.4, 0.5) is 0 Å². The molecule has 0 heterocycles. The van der Waals surface area contributed by atoms with Gasteiger partial charge in [0, 0.05) is 35.9 Å². The summed E-state index contributed by atoms with van der Waals surface area (Å²) in [5.74, 6) is 0.845. The predicted octanol–water partition coefficient (Wildman–Crippen LogP) is 4.99. The summed E-state index contributed by atoms with van der Waals surface area (Å²) in [7, 11) is 1.66. The Balaban J connectivity index is 2.20. The molecule has 1 unspecified atom stereocenters. The van der Waals surface area contributed by atoms with E-state index in [1.807, 2.05) is 26.0 Å². The average molecular weight is 390 g/mol. The van der Waals surface area contributed by atoms with Crippen LogP contribution in [0.3, 0.4) is 0 Å². The quantitative estimate of drug-likeness (QED) is 0.643. The van der Waals surface area contributed by atoms with E-state index in [0.717, 1.165) is 29.3 Å². The van der Waals surface area contributed by atoms with E-state index in [1.54, 1.807) is 7.11 Å². The van der Waals surface area contributed by atoms with E-state index in [0.29, 0.717) is 29.8 Å². The minimum Gasteiger partial charge on any atom is -0.492 e. The number of halogens is 2. The molecule has 0 aliphatic heterocycles. The zero-order chi connectivity index (χ0) is 16.3. The van der Waals surface area contributed by atoms with Crippen molar-refractivity contribution in [1.29, 1.82) is 0 Å². The second kappa shape index (κ2) is 7.33. The summed E-state index contributed by atoms with van der Waals surface area (Å²) >= 11 is 9.78. The number of hydrogen-bond acceptors (Lipinski definition) is 3. The smallest absolute Gasteiger partial charge is 0.145 e. The standard InChI is InChI=1S/C17H22BrClO3/c1-17(2)6-5-11(16(17)20)12-9-15(14(19)10-13(12)18)22-8-4-7-21-3/h9-11H,4-8H2,1-3H3. The van der Waals surface area contributed by atoms with Crippen molar-refractivity contribution in [3.05, 3.63) is 27.2 Å². The van der Waals surface area contributed by atoms with E-state index in [9.17, 15) is 4.79 Å². The summed E-state index contributed by atoms with van der Waals surface area (Å²) in [6.07, 6.45) is 2.58. The van der Waals surface area contributed by atoms with Crippen molar-refractivity contribution < 1.29 is 14.3 Å². The molecule has 0 bridgehead atoms. The number of carbonyl (C=O) groups is 1. The first-order valence-corrected chi connectivity index (χ1v) is 8.69. The zero-order valence-corrected chi connectivity index (χ0v) is 15.6. The Morgan fingerprint density at radius 2 is 2.09 bits per heavy atom. The third-order valence-electron chi connectivity index (χ3n) is 4.22. The summed E-state index contributed by atoms with van der Waals surface area (Å²) in [5, 5.41) is 0.553. The Kier molecular flexibility index (Phi) is 5.92. The van der Waals surface area contributed by atoms with Crippen molar-refractivity contribution in [1.82, 2.24) is 0 Å². The van der Waals surface area contributed by atoms with Gasteiger partial charge in [-0.15, -0.1) is 0 Å². The van der Waals surface area contributed by atoms with E-state index in [1.165, 1.54) is 0 Å². The largest absolute Gasteiger partial charge is 0.492 e. The summed E-state index contributed by atoms with van der Waals surface area (Å²) < 4.78 is 11.6. The lowest BCUT2D eigenvalue weighted by Gasteiger charge is -2.18. The topological polar surface area (TPSA) is 35.5 Å². The van der Waals surface area contributed by atoms with Crippen LogP contribution in [0.2, 0.25) is 5.02 Å². The van der Waals surface area contributed by atoms with E-state index in [4.69, 9.17) is 21.1 Å². The van der Waals surface area contributed by atoms with Gasteiger partial charge in [0.25, 0.3) is 0 Å². The number of methoxy groups -OCH3 is 1. The molecule has 22 heavy (non-hydrogen) atoms. The van der Waals surface area contributed by atoms with Crippen molar-refractivity contribution in [2.24, 2.45) is 5.41 Å². The highest BCUT2D eigenvalue weighted by Gasteiger charge is 2.41. The fourth-order valence-corrected chi connectivity index (χ4v) is 3.81. The lowest BCUT2D eigenvalue weighted by Crippen LogP contribution is -2.20. The lowest BCUT2D eigenvalue weighted by molar-refractivity contribution is -0.125. The maximum atomic E-state index is 12.6. The molecule has 1 fully saturated rings. The van der Waals surface area contributed by atoms with Gasteiger partial charge in [-0.25, -0.2) is 0 Å². The highest BCUT2D eigenvalue weighted by atomic mass is 79.9. The number of rotatable bonds is 6. The summed E-state index contributed by atoms with van der Waals surface area (Å²) in [6, 6.07) is 3.73. The van der Waals surface area contributed by atoms with E-state index < -0.39 is 0 Å². The second-order valence-corrected chi connectivity index (χ2v) is 7.60. The number of Topliss-reactive ketones (excluding diaryl/α,β-unsaturated/α-hetero) is 1. The Morgan fingerprint density at radius 1 is 1.36 bits per heavy atom. The molecule has 1 saturated carbocycles. The van der Waals surface area contributed by atoms with Crippen LogP contribution in [0, 0.1) is 5.41 Å². The Bertz CT molecular complexity index is 557. The second-order valence-electron chi connectivity index (χ2n) is 6.34. The molecule has 3 nitrogen and oxygen atoms in total. The monoisotopic (exact) mass is 388 g/mol. The van der Waals surface area contributed by atoms with Gasteiger partial charge in [-0.05, 0) is 30.5 Å². The van der Waals surface area contributed by atoms with Crippen molar-refractivity contribution in [2.75, 3.05) is 20.3 Å². The molecule has 0 saturated heterocycles. The van der Waals surface area contributed by atoms with Crippen LogP contribution in [0.25, 0.3) is 0 Å². The number of carbonyl (C=O) groups excluding carboxylic acids is 1. The van der Waals surface area contributed by atoms with Gasteiger partial charge < -0.3 is 9.47 Å². The molecular formula is C17H22BrClO3. The normalized spacial score (nSPS) is 20.4. The van der Waals surface area contributed by atoms with Gasteiger partial charge in [0.1, 0.15) is 11.5 Å². The fraction of sp³-hybridized carbons (Fsp3) is 0.588. The SMILES string of the molecule is COCCCOc1cc(C2CCC(C)(C)C2=O)c(Br)cc1Cl. The van der Waals surface area contributed by atoms with Gasteiger partial charge in [0.15, 0.2) is 0 Å². The van der Waals surface area contributed by atoms with Crippen LogP contribution in [0.5, 0.6) is 5.75 Å². The molecule has 1 aromatic rings. The molecule has 5 heteroatoms. The molecule has 2 rings (SSSR count). The van der Waals surface area contributed by atoms with Crippen molar-refractivity contribution >= 4 is 33.3 Å². The van der Waals surface area contributed by atoms with Gasteiger partial charge in [-0.3, -0.25) is 4.79 Å². The van der Waals surface area contributed by atoms with Crippen molar-refractivity contribution in [3.63, 3.8) is 0 Å². The van der Waals surface area contributed by atoms with Crippen molar-refractivity contribution in [3.8, 4) is 5.75 Å². The molecule has 1 aliphatic rings. The van der Waals surface area contributed by atoms with Crippen LogP contribution in [0.1, 0.15) is 44.6 Å². The Hall–Kier alpha value is -0.580. The number of benzene rings is 1. The highest BCUT2D eigenvalue weighted by Crippen LogP contribution is 2.46. The van der Waals surface area contributed by atoms with Gasteiger partial charge >= 0.3 is 0 Å². The van der Waals surface area contributed by atoms with Crippen LogP contribution in [-0.2, 0) is 9.53 Å².